The number of ketones is 1. The summed E-state index contributed by atoms with van der Waals surface area (Å²) >= 11 is 3.46. The number of hydrogen-bond donors (Lipinski definition) is 0. The molecule has 1 aliphatic rings. The minimum atomic E-state index is 0.188. The smallest absolute Gasteiger partial charge is 0.177 e. The van der Waals surface area contributed by atoms with Crippen LogP contribution in [0.3, 0.4) is 0 Å². The predicted octanol–water partition coefficient (Wildman–Crippen LogP) is 3.73. The third kappa shape index (κ3) is 3.42. The lowest BCUT2D eigenvalue weighted by Gasteiger charge is -2.19. The number of carbonyl (C=O) groups excluding carboxylic acids is 1. The molecule has 0 aromatic heterocycles. The average molecular weight is 344 g/mol. The van der Waals surface area contributed by atoms with Gasteiger partial charge in [0.05, 0.1) is 6.54 Å². The average Bonchev–Trinajstić information content (AvgIpc) is 2.70. The Morgan fingerprint density at radius 1 is 0.952 bits per heavy atom. The van der Waals surface area contributed by atoms with Crippen LogP contribution in [0, 0.1) is 0 Å². The quantitative estimate of drug-likeness (QED) is 0.791. The van der Waals surface area contributed by atoms with Gasteiger partial charge in [-0.05, 0) is 30.0 Å². The molecule has 3 heteroatoms. The lowest BCUT2D eigenvalue weighted by Crippen LogP contribution is -2.32. The van der Waals surface area contributed by atoms with Crippen LogP contribution in [0.4, 0.5) is 0 Å². The van der Waals surface area contributed by atoms with Crippen LogP contribution in [-0.2, 0) is 12.8 Å². The van der Waals surface area contributed by atoms with Crippen molar-refractivity contribution in [1.29, 1.82) is 0 Å². The fraction of sp³-hybridized carbons (Fsp3) is 0.278. The van der Waals surface area contributed by atoms with E-state index in [9.17, 15) is 4.79 Å². The van der Waals surface area contributed by atoms with Crippen LogP contribution < -0.4 is 0 Å². The van der Waals surface area contributed by atoms with E-state index in [0.29, 0.717) is 6.54 Å². The van der Waals surface area contributed by atoms with Gasteiger partial charge < -0.3 is 0 Å². The highest BCUT2D eigenvalue weighted by Crippen LogP contribution is 2.19. The Kier molecular flexibility index (Phi) is 4.51. The molecule has 0 aliphatic carbocycles. The maximum Gasteiger partial charge on any atom is 0.177 e. The first kappa shape index (κ1) is 14.5. The van der Waals surface area contributed by atoms with Crippen molar-refractivity contribution < 1.29 is 4.79 Å². The standard InChI is InChI=1S/C18H18BrNO/c19-17-8-4-3-7-16(17)18(21)13-20-11-9-14-5-1-2-6-15(14)10-12-20/h1-8H,9-13H2. The zero-order valence-electron chi connectivity index (χ0n) is 11.9. The van der Waals surface area contributed by atoms with Crippen LogP contribution in [0.15, 0.2) is 53.0 Å². The maximum atomic E-state index is 12.4. The van der Waals surface area contributed by atoms with Crippen molar-refractivity contribution in [3.05, 3.63) is 69.7 Å². The van der Waals surface area contributed by atoms with E-state index in [-0.39, 0.29) is 5.78 Å². The molecule has 0 unspecified atom stereocenters. The Morgan fingerprint density at radius 2 is 1.52 bits per heavy atom. The molecule has 3 rings (SSSR count). The van der Waals surface area contributed by atoms with Crippen molar-refractivity contribution in [3.8, 4) is 0 Å². The van der Waals surface area contributed by atoms with E-state index in [1.807, 2.05) is 24.3 Å². The molecular formula is C18H18BrNO. The second-order valence-corrected chi connectivity index (χ2v) is 6.30. The van der Waals surface area contributed by atoms with E-state index in [1.54, 1.807) is 0 Å². The summed E-state index contributed by atoms with van der Waals surface area (Å²) in [6, 6.07) is 16.3. The molecular weight excluding hydrogens is 326 g/mol. The second kappa shape index (κ2) is 6.54. The second-order valence-electron chi connectivity index (χ2n) is 5.45. The summed E-state index contributed by atoms with van der Waals surface area (Å²) in [5.74, 6) is 0.188. The fourth-order valence-corrected chi connectivity index (χ4v) is 3.35. The SMILES string of the molecule is O=C(CN1CCc2ccccc2CC1)c1ccccc1Br. The van der Waals surface area contributed by atoms with Crippen molar-refractivity contribution in [2.24, 2.45) is 0 Å². The molecule has 0 amide bonds. The van der Waals surface area contributed by atoms with Gasteiger partial charge in [0.1, 0.15) is 0 Å². The molecule has 0 saturated carbocycles. The first-order chi connectivity index (χ1) is 10.2. The van der Waals surface area contributed by atoms with Crippen LogP contribution in [0.2, 0.25) is 0 Å². The van der Waals surface area contributed by atoms with Gasteiger partial charge in [0.15, 0.2) is 5.78 Å². The zero-order chi connectivity index (χ0) is 14.7. The third-order valence-electron chi connectivity index (χ3n) is 4.05. The molecule has 0 radical (unpaired) electrons. The summed E-state index contributed by atoms with van der Waals surface area (Å²) in [4.78, 5) is 14.7. The van der Waals surface area contributed by atoms with Crippen molar-refractivity contribution in [2.45, 2.75) is 12.8 Å². The highest BCUT2D eigenvalue weighted by molar-refractivity contribution is 9.10. The number of fused-ring (bicyclic) bond motifs is 1. The van der Waals surface area contributed by atoms with Gasteiger partial charge >= 0.3 is 0 Å². The van der Waals surface area contributed by atoms with Crippen LogP contribution in [0.1, 0.15) is 21.5 Å². The summed E-state index contributed by atoms with van der Waals surface area (Å²) in [5, 5.41) is 0. The van der Waals surface area contributed by atoms with Crippen molar-refractivity contribution in [2.75, 3.05) is 19.6 Å². The third-order valence-corrected chi connectivity index (χ3v) is 4.75. The number of carbonyl (C=O) groups is 1. The van der Waals surface area contributed by atoms with Gasteiger partial charge in [-0.15, -0.1) is 0 Å². The topological polar surface area (TPSA) is 20.3 Å². The van der Waals surface area contributed by atoms with Gasteiger partial charge in [-0.1, -0.05) is 58.4 Å². The molecule has 21 heavy (non-hydrogen) atoms. The largest absolute Gasteiger partial charge is 0.295 e. The molecule has 0 saturated heterocycles. The first-order valence-corrected chi connectivity index (χ1v) is 8.10. The van der Waals surface area contributed by atoms with Crippen molar-refractivity contribution >= 4 is 21.7 Å². The number of Topliss-reactive ketones (excluding diaryl/α,β-unsaturated/α-hetero) is 1. The minimum absolute atomic E-state index is 0.188. The number of nitrogens with zero attached hydrogens (tertiary/aromatic N) is 1. The molecule has 0 spiro atoms. The zero-order valence-corrected chi connectivity index (χ0v) is 13.5. The van der Waals surface area contributed by atoms with Crippen LogP contribution >= 0.6 is 15.9 Å². The number of hydrogen-bond acceptors (Lipinski definition) is 2. The normalized spacial score (nSPS) is 15.3. The van der Waals surface area contributed by atoms with E-state index in [0.717, 1.165) is 36.0 Å². The van der Waals surface area contributed by atoms with Gasteiger partial charge in [0.2, 0.25) is 0 Å². The van der Waals surface area contributed by atoms with E-state index in [1.165, 1.54) is 11.1 Å². The molecule has 1 aliphatic heterocycles. The Hall–Kier alpha value is -1.45. The molecule has 0 atom stereocenters. The van der Waals surface area contributed by atoms with Gasteiger partial charge in [0.25, 0.3) is 0 Å². The summed E-state index contributed by atoms with van der Waals surface area (Å²) < 4.78 is 0.883. The van der Waals surface area contributed by atoms with E-state index >= 15 is 0 Å². The maximum absolute atomic E-state index is 12.4. The first-order valence-electron chi connectivity index (χ1n) is 7.31. The molecule has 1 heterocycles. The highest BCUT2D eigenvalue weighted by atomic mass is 79.9. The summed E-state index contributed by atoms with van der Waals surface area (Å²) in [5.41, 5.74) is 3.63. The van der Waals surface area contributed by atoms with Crippen molar-refractivity contribution in [1.82, 2.24) is 4.90 Å². The number of halogens is 1. The van der Waals surface area contributed by atoms with Crippen LogP contribution in [0.5, 0.6) is 0 Å². The molecule has 2 aromatic carbocycles. The van der Waals surface area contributed by atoms with E-state index < -0.39 is 0 Å². The number of rotatable bonds is 3. The summed E-state index contributed by atoms with van der Waals surface area (Å²) in [6.45, 7) is 2.40. The van der Waals surface area contributed by atoms with Gasteiger partial charge in [-0.3, -0.25) is 9.69 Å². The molecule has 0 bridgehead atoms. The summed E-state index contributed by atoms with van der Waals surface area (Å²) in [7, 11) is 0. The van der Waals surface area contributed by atoms with Gasteiger partial charge in [-0.2, -0.15) is 0 Å². The fourth-order valence-electron chi connectivity index (χ4n) is 2.85. The Balaban J connectivity index is 1.67. The monoisotopic (exact) mass is 343 g/mol. The Morgan fingerprint density at radius 3 is 2.14 bits per heavy atom. The Bertz CT molecular complexity index is 626. The van der Waals surface area contributed by atoms with Crippen molar-refractivity contribution in [3.63, 3.8) is 0 Å². The predicted molar refractivity (Wildman–Crippen MR) is 88.8 cm³/mol. The minimum Gasteiger partial charge on any atom is -0.295 e. The summed E-state index contributed by atoms with van der Waals surface area (Å²) in [6.07, 6.45) is 2.05. The molecule has 0 N–H and O–H groups in total. The van der Waals surface area contributed by atoms with E-state index in [4.69, 9.17) is 0 Å². The highest BCUT2D eigenvalue weighted by Gasteiger charge is 2.17. The molecule has 2 aromatic rings. The van der Waals surface area contributed by atoms with Gasteiger partial charge in [0, 0.05) is 23.1 Å². The molecule has 108 valence electrons. The van der Waals surface area contributed by atoms with Gasteiger partial charge in [-0.25, -0.2) is 0 Å². The molecule has 0 fully saturated rings. The Labute approximate surface area is 133 Å². The lowest BCUT2D eigenvalue weighted by molar-refractivity contribution is 0.0932. The molecule has 2 nitrogen and oxygen atoms in total. The van der Waals surface area contributed by atoms with E-state index in [2.05, 4.69) is 45.1 Å². The van der Waals surface area contributed by atoms with Crippen LogP contribution in [-0.4, -0.2) is 30.3 Å². The lowest BCUT2D eigenvalue weighted by atomic mass is 10.0. The number of benzene rings is 2. The van der Waals surface area contributed by atoms with Crippen LogP contribution in [0.25, 0.3) is 0 Å².